The van der Waals surface area contributed by atoms with E-state index < -0.39 is 4.92 Å². The standard InChI is InChI=1S/C13H18BrNO3/c1-9(2)11(7-14)8-18-13-5-4-12(15(16)17)6-10(13)3/h4-6,9,11H,7-8H2,1-3H3. The molecule has 1 aromatic rings. The highest BCUT2D eigenvalue weighted by Gasteiger charge is 2.14. The third kappa shape index (κ3) is 3.98. The van der Waals surface area contributed by atoms with E-state index in [0.717, 1.165) is 10.9 Å². The lowest BCUT2D eigenvalue weighted by atomic mass is 9.99. The highest BCUT2D eigenvalue weighted by molar-refractivity contribution is 9.09. The van der Waals surface area contributed by atoms with Crippen molar-refractivity contribution in [1.29, 1.82) is 0 Å². The van der Waals surface area contributed by atoms with Crippen LogP contribution in [0, 0.1) is 28.9 Å². The Kier molecular flexibility index (Phi) is 5.59. The van der Waals surface area contributed by atoms with E-state index in [1.54, 1.807) is 6.07 Å². The number of aryl methyl sites for hydroxylation is 1. The maximum absolute atomic E-state index is 10.6. The molecule has 0 aromatic heterocycles. The van der Waals surface area contributed by atoms with Crippen LogP contribution in [0.3, 0.4) is 0 Å². The molecule has 0 saturated heterocycles. The number of nitro benzene ring substituents is 1. The van der Waals surface area contributed by atoms with Gasteiger partial charge in [-0.2, -0.15) is 0 Å². The summed E-state index contributed by atoms with van der Waals surface area (Å²) < 4.78 is 5.73. The molecule has 0 heterocycles. The van der Waals surface area contributed by atoms with Crippen LogP contribution in [0.1, 0.15) is 19.4 Å². The van der Waals surface area contributed by atoms with Crippen LogP contribution in [0.15, 0.2) is 18.2 Å². The number of hydrogen-bond acceptors (Lipinski definition) is 3. The van der Waals surface area contributed by atoms with Gasteiger partial charge in [0.25, 0.3) is 5.69 Å². The Balaban J connectivity index is 2.71. The molecule has 0 aliphatic heterocycles. The van der Waals surface area contributed by atoms with Crippen LogP contribution in [0.5, 0.6) is 5.75 Å². The van der Waals surface area contributed by atoms with Crippen molar-refractivity contribution in [3.63, 3.8) is 0 Å². The summed E-state index contributed by atoms with van der Waals surface area (Å²) in [6.07, 6.45) is 0. The number of benzene rings is 1. The second-order valence-corrected chi connectivity index (χ2v) is 5.32. The summed E-state index contributed by atoms with van der Waals surface area (Å²) in [5.41, 5.74) is 0.891. The molecule has 1 atom stereocenters. The van der Waals surface area contributed by atoms with Gasteiger partial charge in [0.2, 0.25) is 0 Å². The highest BCUT2D eigenvalue weighted by atomic mass is 79.9. The molecule has 18 heavy (non-hydrogen) atoms. The van der Waals surface area contributed by atoms with Gasteiger partial charge in [0.1, 0.15) is 5.75 Å². The molecule has 0 amide bonds. The molecule has 4 nitrogen and oxygen atoms in total. The van der Waals surface area contributed by atoms with Crippen LogP contribution in [0.2, 0.25) is 0 Å². The molecule has 0 saturated carbocycles. The summed E-state index contributed by atoms with van der Waals surface area (Å²) in [5, 5.41) is 11.5. The number of nitrogens with zero attached hydrogens (tertiary/aromatic N) is 1. The van der Waals surface area contributed by atoms with Crippen molar-refractivity contribution in [3.8, 4) is 5.75 Å². The third-order valence-corrected chi connectivity index (χ3v) is 3.79. The molecule has 1 unspecified atom stereocenters. The van der Waals surface area contributed by atoms with Crippen molar-refractivity contribution in [3.05, 3.63) is 33.9 Å². The number of halogens is 1. The molecule has 0 bridgehead atoms. The summed E-state index contributed by atoms with van der Waals surface area (Å²) in [6, 6.07) is 4.67. The molecule has 0 fully saturated rings. The Morgan fingerprint density at radius 1 is 1.44 bits per heavy atom. The first-order valence-corrected chi connectivity index (χ1v) is 7.01. The fraction of sp³-hybridized carbons (Fsp3) is 0.538. The van der Waals surface area contributed by atoms with Crippen LogP contribution in [-0.2, 0) is 0 Å². The number of rotatable bonds is 6. The van der Waals surface area contributed by atoms with E-state index in [1.807, 2.05) is 6.92 Å². The molecular weight excluding hydrogens is 298 g/mol. The number of hydrogen-bond donors (Lipinski definition) is 0. The summed E-state index contributed by atoms with van der Waals surface area (Å²) in [4.78, 5) is 10.2. The van der Waals surface area contributed by atoms with Gasteiger partial charge < -0.3 is 4.74 Å². The molecule has 100 valence electrons. The maximum Gasteiger partial charge on any atom is 0.269 e. The fourth-order valence-electron chi connectivity index (χ4n) is 1.52. The summed E-state index contributed by atoms with van der Waals surface area (Å²) in [6.45, 7) is 6.73. The Hall–Kier alpha value is -1.10. The maximum atomic E-state index is 10.6. The zero-order valence-corrected chi connectivity index (χ0v) is 12.4. The number of ether oxygens (including phenoxy) is 1. The average Bonchev–Trinajstić information content (AvgIpc) is 2.30. The van der Waals surface area contributed by atoms with Gasteiger partial charge in [-0.3, -0.25) is 10.1 Å². The first-order valence-electron chi connectivity index (χ1n) is 5.89. The summed E-state index contributed by atoms with van der Waals surface area (Å²) in [7, 11) is 0. The minimum absolute atomic E-state index is 0.0979. The summed E-state index contributed by atoms with van der Waals surface area (Å²) in [5.74, 6) is 1.68. The second kappa shape index (κ2) is 6.73. The number of nitro groups is 1. The van der Waals surface area contributed by atoms with Crippen molar-refractivity contribution < 1.29 is 9.66 Å². The highest BCUT2D eigenvalue weighted by Crippen LogP contribution is 2.24. The van der Waals surface area contributed by atoms with Crippen LogP contribution < -0.4 is 4.74 Å². The normalized spacial score (nSPS) is 12.5. The van der Waals surface area contributed by atoms with Gasteiger partial charge in [0, 0.05) is 23.4 Å². The van der Waals surface area contributed by atoms with Crippen LogP contribution in [0.25, 0.3) is 0 Å². The van der Waals surface area contributed by atoms with E-state index in [9.17, 15) is 10.1 Å². The molecule has 1 rings (SSSR count). The third-order valence-electron chi connectivity index (χ3n) is 2.96. The van der Waals surface area contributed by atoms with Crippen molar-refractivity contribution >= 4 is 21.6 Å². The van der Waals surface area contributed by atoms with E-state index in [1.165, 1.54) is 12.1 Å². The molecule has 0 radical (unpaired) electrons. The Morgan fingerprint density at radius 2 is 2.11 bits per heavy atom. The van der Waals surface area contributed by atoms with Crippen molar-refractivity contribution in [1.82, 2.24) is 0 Å². The fourth-order valence-corrected chi connectivity index (χ4v) is 2.46. The van der Waals surface area contributed by atoms with E-state index >= 15 is 0 Å². The van der Waals surface area contributed by atoms with Crippen LogP contribution in [-0.4, -0.2) is 16.9 Å². The van der Waals surface area contributed by atoms with E-state index in [4.69, 9.17) is 4.74 Å². The lowest BCUT2D eigenvalue weighted by molar-refractivity contribution is -0.384. The van der Waals surface area contributed by atoms with Gasteiger partial charge in [-0.25, -0.2) is 0 Å². The van der Waals surface area contributed by atoms with Gasteiger partial charge in [0.05, 0.1) is 11.5 Å². The van der Waals surface area contributed by atoms with Gasteiger partial charge in [-0.05, 0) is 24.5 Å². The second-order valence-electron chi connectivity index (χ2n) is 4.68. The monoisotopic (exact) mass is 315 g/mol. The van der Waals surface area contributed by atoms with Crippen molar-refractivity contribution in [2.45, 2.75) is 20.8 Å². The lowest BCUT2D eigenvalue weighted by Gasteiger charge is -2.19. The lowest BCUT2D eigenvalue weighted by Crippen LogP contribution is -2.19. The van der Waals surface area contributed by atoms with Crippen molar-refractivity contribution in [2.24, 2.45) is 11.8 Å². The molecule has 1 aromatic carbocycles. The quantitative estimate of drug-likeness (QED) is 0.453. The molecule has 5 heteroatoms. The SMILES string of the molecule is Cc1cc([N+](=O)[O-])ccc1OCC(CBr)C(C)C. The molecular formula is C13H18BrNO3. The molecule has 0 aliphatic carbocycles. The van der Waals surface area contributed by atoms with Gasteiger partial charge in [-0.15, -0.1) is 0 Å². The largest absolute Gasteiger partial charge is 0.493 e. The summed E-state index contributed by atoms with van der Waals surface area (Å²) >= 11 is 3.47. The first kappa shape index (κ1) is 15.0. The zero-order valence-electron chi connectivity index (χ0n) is 10.9. The van der Waals surface area contributed by atoms with Crippen LogP contribution >= 0.6 is 15.9 Å². The Morgan fingerprint density at radius 3 is 2.56 bits per heavy atom. The Labute approximate surface area is 116 Å². The van der Waals surface area contributed by atoms with E-state index in [-0.39, 0.29) is 5.69 Å². The number of non-ortho nitro benzene ring substituents is 1. The smallest absolute Gasteiger partial charge is 0.269 e. The van der Waals surface area contributed by atoms with E-state index in [2.05, 4.69) is 29.8 Å². The van der Waals surface area contributed by atoms with Gasteiger partial charge in [0.15, 0.2) is 0 Å². The topological polar surface area (TPSA) is 52.4 Å². The number of alkyl halides is 1. The molecule has 0 aliphatic rings. The Bertz CT molecular complexity index is 421. The van der Waals surface area contributed by atoms with Gasteiger partial charge in [-0.1, -0.05) is 29.8 Å². The van der Waals surface area contributed by atoms with E-state index in [0.29, 0.717) is 24.2 Å². The van der Waals surface area contributed by atoms with Crippen molar-refractivity contribution in [2.75, 3.05) is 11.9 Å². The van der Waals surface area contributed by atoms with Gasteiger partial charge >= 0.3 is 0 Å². The van der Waals surface area contributed by atoms with Crippen LogP contribution in [0.4, 0.5) is 5.69 Å². The molecule has 0 spiro atoms. The zero-order chi connectivity index (χ0) is 13.7. The average molecular weight is 316 g/mol. The first-order chi connectivity index (χ1) is 8.45. The minimum Gasteiger partial charge on any atom is -0.493 e. The molecule has 0 N–H and O–H groups in total. The predicted octanol–water partition coefficient (Wildman–Crippen LogP) is 3.95. The predicted molar refractivity (Wildman–Crippen MR) is 75.5 cm³/mol. The minimum atomic E-state index is -0.397.